The van der Waals surface area contributed by atoms with E-state index in [4.69, 9.17) is 0 Å². The van der Waals surface area contributed by atoms with Crippen molar-refractivity contribution in [1.29, 1.82) is 0 Å². The fraction of sp³-hybridized carbons (Fsp3) is 0.348. The molecule has 0 aliphatic heterocycles. The van der Waals surface area contributed by atoms with Crippen LogP contribution < -0.4 is 5.32 Å². The Morgan fingerprint density at radius 2 is 1.82 bits per heavy atom. The van der Waals surface area contributed by atoms with E-state index >= 15 is 0 Å². The fourth-order valence-corrected chi connectivity index (χ4v) is 3.44. The second-order valence-electron chi connectivity index (χ2n) is 7.48. The Hall–Kier alpha value is -2.56. The standard InChI is InChI=1S/C23H24F3NO/c1-15(2)18-10-3-4-11-19(18)22-16(7-5-12-20(22)23(24,25)26)13-14-21(28)27-17-8-6-9-17/h3-5,7,10-15,17H,6,8-9H2,1-2H3,(H,27,28)/b14-13+. The van der Waals surface area contributed by atoms with Crippen LogP contribution in [0.5, 0.6) is 0 Å². The van der Waals surface area contributed by atoms with E-state index in [0.717, 1.165) is 30.9 Å². The Morgan fingerprint density at radius 1 is 1.11 bits per heavy atom. The van der Waals surface area contributed by atoms with Crippen molar-refractivity contribution in [2.24, 2.45) is 0 Å². The maximum Gasteiger partial charge on any atom is 0.417 e. The molecular weight excluding hydrogens is 363 g/mol. The lowest BCUT2D eigenvalue weighted by Crippen LogP contribution is -2.38. The van der Waals surface area contributed by atoms with Crippen molar-refractivity contribution in [2.45, 2.75) is 51.2 Å². The van der Waals surface area contributed by atoms with E-state index in [1.54, 1.807) is 18.2 Å². The van der Waals surface area contributed by atoms with Gasteiger partial charge < -0.3 is 5.32 Å². The summed E-state index contributed by atoms with van der Waals surface area (Å²) in [5, 5.41) is 2.87. The predicted molar refractivity (Wildman–Crippen MR) is 106 cm³/mol. The highest BCUT2D eigenvalue weighted by atomic mass is 19.4. The minimum atomic E-state index is -4.49. The number of hydrogen-bond donors (Lipinski definition) is 1. The average molecular weight is 387 g/mol. The molecule has 0 atom stereocenters. The van der Waals surface area contributed by atoms with Gasteiger partial charge in [0.2, 0.25) is 5.91 Å². The van der Waals surface area contributed by atoms with Crippen LogP contribution >= 0.6 is 0 Å². The highest BCUT2D eigenvalue weighted by Crippen LogP contribution is 2.41. The van der Waals surface area contributed by atoms with Crippen molar-refractivity contribution in [2.75, 3.05) is 0 Å². The van der Waals surface area contributed by atoms with E-state index in [1.165, 1.54) is 18.2 Å². The van der Waals surface area contributed by atoms with Crippen molar-refractivity contribution >= 4 is 12.0 Å². The number of hydrogen-bond acceptors (Lipinski definition) is 1. The first-order valence-electron chi connectivity index (χ1n) is 9.55. The summed E-state index contributed by atoms with van der Waals surface area (Å²) in [4.78, 5) is 12.1. The van der Waals surface area contributed by atoms with Crippen LogP contribution in [0.15, 0.2) is 48.5 Å². The molecule has 148 valence electrons. The molecule has 1 aliphatic carbocycles. The number of alkyl halides is 3. The number of carbonyl (C=O) groups is 1. The van der Waals surface area contributed by atoms with Gasteiger partial charge in [0.05, 0.1) is 5.56 Å². The third kappa shape index (κ3) is 4.46. The lowest BCUT2D eigenvalue weighted by Gasteiger charge is -2.25. The first-order valence-corrected chi connectivity index (χ1v) is 9.55. The molecule has 1 fully saturated rings. The summed E-state index contributed by atoms with van der Waals surface area (Å²) < 4.78 is 41.3. The summed E-state index contributed by atoms with van der Waals surface area (Å²) in [6.07, 6.45) is 1.33. The SMILES string of the molecule is CC(C)c1ccccc1-c1c(/C=C/C(=O)NC2CCC2)cccc1C(F)(F)F. The average Bonchev–Trinajstić information content (AvgIpc) is 2.62. The Balaban J connectivity index is 2.07. The first-order chi connectivity index (χ1) is 13.3. The van der Waals surface area contributed by atoms with E-state index in [9.17, 15) is 18.0 Å². The van der Waals surface area contributed by atoms with Gasteiger partial charge in [-0.2, -0.15) is 13.2 Å². The highest BCUT2D eigenvalue weighted by Gasteiger charge is 2.35. The van der Waals surface area contributed by atoms with Gasteiger partial charge in [-0.25, -0.2) is 0 Å². The van der Waals surface area contributed by atoms with Gasteiger partial charge in [0.1, 0.15) is 0 Å². The number of carbonyl (C=O) groups excluding carboxylic acids is 1. The van der Waals surface area contributed by atoms with Gasteiger partial charge >= 0.3 is 6.18 Å². The van der Waals surface area contributed by atoms with Crippen LogP contribution in [0.3, 0.4) is 0 Å². The lowest BCUT2D eigenvalue weighted by atomic mass is 9.87. The third-order valence-corrected chi connectivity index (χ3v) is 5.12. The molecule has 1 amide bonds. The van der Waals surface area contributed by atoms with Gasteiger partial charge in [0.25, 0.3) is 0 Å². The van der Waals surface area contributed by atoms with Crippen molar-refractivity contribution in [3.63, 3.8) is 0 Å². The lowest BCUT2D eigenvalue weighted by molar-refractivity contribution is -0.137. The third-order valence-electron chi connectivity index (χ3n) is 5.12. The molecule has 28 heavy (non-hydrogen) atoms. The normalized spacial score (nSPS) is 15.1. The summed E-state index contributed by atoms with van der Waals surface area (Å²) >= 11 is 0. The van der Waals surface area contributed by atoms with Gasteiger partial charge in [-0.3, -0.25) is 4.79 Å². The molecular formula is C23H24F3NO. The summed E-state index contributed by atoms with van der Waals surface area (Å²) in [6, 6.07) is 11.4. The van der Waals surface area contributed by atoms with Gasteiger partial charge in [0.15, 0.2) is 0 Å². The molecule has 0 bridgehead atoms. The van der Waals surface area contributed by atoms with Crippen molar-refractivity contribution in [3.8, 4) is 11.1 Å². The summed E-state index contributed by atoms with van der Waals surface area (Å²) in [5.41, 5.74) is 1.19. The Morgan fingerprint density at radius 3 is 2.43 bits per heavy atom. The summed E-state index contributed by atoms with van der Waals surface area (Å²) in [7, 11) is 0. The van der Waals surface area contributed by atoms with E-state index in [0.29, 0.717) is 11.1 Å². The Labute approximate surface area is 163 Å². The molecule has 1 aliphatic rings. The molecule has 0 spiro atoms. The minimum Gasteiger partial charge on any atom is -0.350 e. The van der Waals surface area contributed by atoms with Crippen molar-refractivity contribution in [1.82, 2.24) is 5.32 Å². The van der Waals surface area contributed by atoms with Crippen LogP contribution in [0.4, 0.5) is 13.2 Å². The van der Waals surface area contributed by atoms with E-state index in [2.05, 4.69) is 5.32 Å². The molecule has 0 saturated heterocycles. The topological polar surface area (TPSA) is 29.1 Å². The second kappa shape index (κ2) is 8.21. The number of rotatable bonds is 5. The van der Waals surface area contributed by atoms with Gasteiger partial charge in [0, 0.05) is 17.7 Å². The number of amides is 1. The predicted octanol–water partition coefficient (Wildman–Crippen LogP) is 6.18. The van der Waals surface area contributed by atoms with E-state index in [1.807, 2.05) is 26.0 Å². The molecule has 1 N–H and O–H groups in total. The van der Waals surface area contributed by atoms with Crippen molar-refractivity contribution < 1.29 is 18.0 Å². The quantitative estimate of drug-likeness (QED) is 0.610. The summed E-state index contributed by atoms with van der Waals surface area (Å²) in [6.45, 7) is 3.91. The molecule has 5 heteroatoms. The van der Waals surface area contributed by atoms with Gasteiger partial charge in [-0.05, 0) is 54.0 Å². The zero-order valence-corrected chi connectivity index (χ0v) is 16.0. The molecule has 0 unspecified atom stereocenters. The van der Waals surface area contributed by atoms with Crippen LogP contribution in [-0.4, -0.2) is 11.9 Å². The Bertz CT molecular complexity index is 880. The van der Waals surface area contributed by atoms with Gasteiger partial charge in [-0.15, -0.1) is 0 Å². The molecule has 2 aromatic carbocycles. The van der Waals surface area contributed by atoms with Gasteiger partial charge in [-0.1, -0.05) is 50.2 Å². The fourth-order valence-electron chi connectivity index (χ4n) is 3.44. The smallest absolute Gasteiger partial charge is 0.350 e. The minimum absolute atomic E-state index is 0.0660. The second-order valence-corrected chi connectivity index (χ2v) is 7.48. The van der Waals surface area contributed by atoms with Crippen LogP contribution in [0, 0.1) is 0 Å². The number of halogens is 3. The number of benzene rings is 2. The van der Waals surface area contributed by atoms with Crippen LogP contribution in [0.25, 0.3) is 17.2 Å². The molecule has 0 aromatic heterocycles. The first kappa shape index (κ1) is 20.2. The monoisotopic (exact) mass is 387 g/mol. The maximum atomic E-state index is 13.8. The summed E-state index contributed by atoms with van der Waals surface area (Å²) in [5.74, 6) is -0.207. The van der Waals surface area contributed by atoms with E-state index < -0.39 is 11.7 Å². The van der Waals surface area contributed by atoms with E-state index in [-0.39, 0.29) is 23.4 Å². The molecule has 2 nitrogen and oxygen atoms in total. The Kier molecular flexibility index (Phi) is 5.92. The van der Waals surface area contributed by atoms with Crippen LogP contribution in [-0.2, 0) is 11.0 Å². The molecule has 3 rings (SSSR count). The molecule has 0 radical (unpaired) electrons. The van der Waals surface area contributed by atoms with Crippen LogP contribution in [0.1, 0.15) is 55.7 Å². The molecule has 1 saturated carbocycles. The largest absolute Gasteiger partial charge is 0.417 e. The van der Waals surface area contributed by atoms with Crippen LogP contribution in [0.2, 0.25) is 0 Å². The molecule has 0 heterocycles. The zero-order chi connectivity index (χ0) is 20.3. The number of nitrogens with one attached hydrogen (secondary N) is 1. The van der Waals surface area contributed by atoms with Crippen molar-refractivity contribution in [3.05, 3.63) is 65.2 Å². The highest BCUT2D eigenvalue weighted by molar-refractivity contribution is 5.94. The zero-order valence-electron chi connectivity index (χ0n) is 16.0. The molecule has 2 aromatic rings. The maximum absolute atomic E-state index is 13.8.